The summed E-state index contributed by atoms with van der Waals surface area (Å²) in [6, 6.07) is 7.15. The van der Waals surface area contributed by atoms with Crippen LogP contribution in [-0.2, 0) is 9.53 Å². The molecule has 0 saturated carbocycles. The minimum Gasteiger partial charge on any atom is -0.394 e. The van der Waals surface area contributed by atoms with Crippen LogP contribution in [0, 0.1) is 0 Å². The van der Waals surface area contributed by atoms with Crippen molar-refractivity contribution in [3.63, 3.8) is 0 Å². The van der Waals surface area contributed by atoms with E-state index in [1.165, 1.54) is 0 Å². The first-order chi connectivity index (χ1) is 7.72. The SMILES string of the molecule is O=C1COCC(CO)N1c1cccc(Br)c1. The van der Waals surface area contributed by atoms with Gasteiger partial charge >= 0.3 is 0 Å². The van der Waals surface area contributed by atoms with E-state index in [1.54, 1.807) is 4.90 Å². The highest BCUT2D eigenvalue weighted by Gasteiger charge is 2.29. The molecule has 1 atom stereocenters. The van der Waals surface area contributed by atoms with Crippen LogP contribution in [0.25, 0.3) is 0 Å². The van der Waals surface area contributed by atoms with Crippen molar-refractivity contribution in [1.29, 1.82) is 0 Å². The average molecular weight is 286 g/mol. The largest absolute Gasteiger partial charge is 0.394 e. The molecule has 4 nitrogen and oxygen atoms in total. The Morgan fingerprint density at radius 1 is 1.56 bits per heavy atom. The van der Waals surface area contributed by atoms with Gasteiger partial charge in [0.1, 0.15) is 6.61 Å². The molecule has 1 saturated heterocycles. The van der Waals surface area contributed by atoms with Crippen molar-refractivity contribution in [2.75, 3.05) is 24.7 Å². The van der Waals surface area contributed by atoms with Crippen LogP contribution in [0.15, 0.2) is 28.7 Å². The van der Waals surface area contributed by atoms with Crippen molar-refractivity contribution >= 4 is 27.5 Å². The number of rotatable bonds is 2. The molecule has 1 aliphatic rings. The molecule has 1 aromatic carbocycles. The van der Waals surface area contributed by atoms with Gasteiger partial charge in [-0.3, -0.25) is 4.79 Å². The minimum atomic E-state index is -0.296. The summed E-state index contributed by atoms with van der Waals surface area (Å²) in [6.07, 6.45) is 0. The smallest absolute Gasteiger partial charge is 0.253 e. The second-order valence-corrected chi connectivity index (χ2v) is 4.51. The third-order valence-electron chi connectivity index (χ3n) is 2.47. The van der Waals surface area contributed by atoms with Crippen molar-refractivity contribution in [3.05, 3.63) is 28.7 Å². The molecule has 16 heavy (non-hydrogen) atoms. The number of nitrogens with zero attached hydrogens (tertiary/aromatic N) is 1. The maximum absolute atomic E-state index is 11.7. The third kappa shape index (κ3) is 2.26. The number of carbonyl (C=O) groups excluding carboxylic acids is 1. The number of halogens is 1. The number of benzene rings is 1. The lowest BCUT2D eigenvalue weighted by molar-refractivity contribution is -0.128. The van der Waals surface area contributed by atoms with Crippen LogP contribution in [0.4, 0.5) is 5.69 Å². The van der Waals surface area contributed by atoms with E-state index in [0.717, 1.165) is 10.2 Å². The first kappa shape index (κ1) is 11.6. The molecular weight excluding hydrogens is 274 g/mol. The summed E-state index contributed by atoms with van der Waals surface area (Å²) in [7, 11) is 0. The van der Waals surface area contributed by atoms with Gasteiger partial charge in [0.15, 0.2) is 0 Å². The zero-order valence-corrected chi connectivity index (χ0v) is 10.2. The highest BCUT2D eigenvalue weighted by molar-refractivity contribution is 9.10. The minimum absolute atomic E-state index is 0.0724. The van der Waals surface area contributed by atoms with Crippen LogP contribution < -0.4 is 4.90 Å². The van der Waals surface area contributed by atoms with Crippen molar-refractivity contribution in [1.82, 2.24) is 0 Å². The van der Waals surface area contributed by atoms with E-state index in [0.29, 0.717) is 6.61 Å². The summed E-state index contributed by atoms with van der Waals surface area (Å²) in [5.74, 6) is -0.122. The highest BCUT2D eigenvalue weighted by atomic mass is 79.9. The first-order valence-electron chi connectivity index (χ1n) is 4.98. The van der Waals surface area contributed by atoms with Gasteiger partial charge in [-0.2, -0.15) is 0 Å². The van der Waals surface area contributed by atoms with Crippen LogP contribution >= 0.6 is 15.9 Å². The maximum atomic E-state index is 11.7. The van der Waals surface area contributed by atoms with E-state index in [4.69, 9.17) is 4.74 Å². The number of ether oxygens (including phenoxy) is 1. The third-order valence-corrected chi connectivity index (χ3v) is 2.96. The lowest BCUT2D eigenvalue weighted by Crippen LogP contribution is -2.51. The quantitative estimate of drug-likeness (QED) is 0.888. The van der Waals surface area contributed by atoms with Crippen LogP contribution in [0.1, 0.15) is 0 Å². The van der Waals surface area contributed by atoms with Crippen LogP contribution in [0.2, 0.25) is 0 Å². The van der Waals surface area contributed by atoms with Gasteiger partial charge in [-0.1, -0.05) is 22.0 Å². The fraction of sp³-hybridized carbons (Fsp3) is 0.364. The van der Waals surface area contributed by atoms with E-state index in [2.05, 4.69) is 15.9 Å². The number of morpholine rings is 1. The Bertz CT molecular complexity index is 397. The molecule has 2 rings (SSSR count). The Morgan fingerprint density at radius 2 is 2.38 bits per heavy atom. The van der Waals surface area contributed by atoms with Crippen LogP contribution in [0.3, 0.4) is 0 Å². The van der Waals surface area contributed by atoms with Gasteiger partial charge in [-0.15, -0.1) is 0 Å². The molecular formula is C11H12BrNO3. The summed E-state index contributed by atoms with van der Waals surface area (Å²) < 4.78 is 6.01. The summed E-state index contributed by atoms with van der Waals surface area (Å²) in [4.78, 5) is 13.3. The molecule has 1 aliphatic heterocycles. The molecule has 1 unspecified atom stereocenters. The maximum Gasteiger partial charge on any atom is 0.253 e. The first-order valence-corrected chi connectivity index (χ1v) is 5.78. The van der Waals surface area contributed by atoms with Gasteiger partial charge in [-0.25, -0.2) is 0 Å². The molecule has 1 heterocycles. The molecule has 0 bridgehead atoms. The number of hydrogen-bond acceptors (Lipinski definition) is 3. The second-order valence-electron chi connectivity index (χ2n) is 3.60. The molecule has 0 radical (unpaired) electrons. The molecule has 1 aromatic rings. The van der Waals surface area contributed by atoms with Crippen LogP contribution in [0.5, 0.6) is 0 Å². The normalized spacial score (nSPS) is 21.2. The Balaban J connectivity index is 2.31. The Labute approximate surface area is 102 Å². The van der Waals surface area contributed by atoms with Gasteiger partial charge in [0, 0.05) is 10.2 Å². The Hall–Kier alpha value is -0.910. The van der Waals surface area contributed by atoms with Gasteiger partial charge in [0.05, 0.1) is 19.3 Å². The predicted molar refractivity (Wildman–Crippen MR) is 63.3 cm³/mol. The van der Waals surface area contributed by atoms with E-state index < -0.39 is 0 Å². The number of carbonyl (C=O) groups is 1. The number of anilines is 1. The van der Waals surface area contributed by atoms with Crippen molar-refractivity contribution in [3.8, 4) is 0 Å². The van der Waals surface area contributed by atoms with E-state index >= 15 is 0 Å². The van der Waals surface area contributed by atoms with E-state index in [-0.39, 0.29) is 25.2 Å². The lowest BCUT2D eigenvalue weighted by Gasteiger charge is -2.34. The molecule has 5 heteroatoms. The summed E-state index contributed by atoms with van der Waals surface area (Å²) in [5, 5.41) is 9.22. The van der Waals surface area contributed by atoms with Gasteiger partial charge in [0.2, 0.25) is 0 Å². The second kappa shape index (κ2) is 4.95. The van der Waals surface area contributed by atoms with Gasteiger partial charge in [0.25, 0.3) is 5.91 Å². The van der Waals surface area contributed by atoms with Crippen molar-refractivity contribution in [2.45, 2.75) is 6.04 Å². The monoisotopic (exact) mass is 285 g/mol. The molecule has 0 aliphatic carbocycles. The average Bonchev–Trinajstić information content (AvgIpc) is 2.28. The zero-order valence-electron chi connectivity index (χ0n) is 8.60. The summed E-state index contributed by atoms with van der Waals surface area (Å²) in [5.41, 5.74) is 0.779. The van der Waals surface area contributed by atoms with Crippen molar-refractivity contribution in [2.24, 2.45) is 0 Å². The molecule has 0 aromatic heterocycles. The number of aliphatic hydroxyl groups excluding tert-OH is 1. The lowest BCUT2D eigenvalue weighted by atomic mass is 10.2. The fourth-order valence-electron chi connectivity index (χ4n) is 1.75. The number of aliphatic hydroxyl groups is 1. The Morgan fingerprint density at radius 3 is 3.06 bits per heavy atom. The number of hydrogen-bond donors (Lipinski definition) is 1. The molecule has 1 fully saturated rings. The molecule has 0 spiro atoms. The Kier molecular flexibility index (Phi) is 3.58. The zero-order chi connectivity index (χ0) is 11.5. The summed E-state index contributed by atoms with van der Waals surface area (Å²) >= 11 is 3.36. The van der Waals surface area contributed by atoms with E-state index in [9.17, 15) is 9.90 Å². The summed E-state index contributed by atoms with van der Waals surface area (Å²) in [6.45, 7) is 0.343. The predicted octanol–water partition coefficient (Wildman–Crippen LogP) is 1.17. The highest BCUT2D eigenvalue weighted by Crippen LogP contribution is 2.23. The van der Waals surface area contributed by atoms with Gasteiger partial charge in [-0.05, 0) is 18.2 Å². The number of amides is 1. The van der Waals surface area contributed by atoms with Crippen LogP contribution in [-0.4, -0.2) is 36.9 Å². The standard InChI is InChI=1S/C11H12BrNO3/c12-8-2-1-3-9(4-8)13-10(5-14)6-16-7-11(13)15/h1-4,10,14H,5-7H2. The molecule has 86 valence electrons. The fourth-order valence-corrected chi connectivity index (χ4v) is 2.13. The molecule has 1 amide bonds. The molecule has 1 N–H and O–H groups in total. The van der Waals surface area contributed by atoms with Gasteiger partial charge < -0.3 is 14.7 Å². The van der Waals surface area contributed by atoms with E-state index in [1.807, 2.05) is 24.3 Å². The topological polar surface area (TPSA) is 49.8 Å². The van der Waals surface area contributed by atoms with Crippen molar-refractivity contribution < 1.29 is 14.6 Å².